The lowest BCUT2D eigenvalue weighted by molar-refractivity contribution is 0.0698. The maximum absolute atomic E-state index is 11.3. The van der Waals surface area contributed by atoms with E-state index in [1.807, 2.05) is 29.9 Å². The predicted molar refractivity (Wildman–Crippen MR) is 78.4 cm³/mol. The van der Waals surface area contributed by atoms with Gasteiger partial charge in [0.2, 0.25) is 0 Å². The van der Waals surface area contributed by atoms with Gasteiger partial charge in [-0.15, -0.1) is 0 Å². The number of ether oxygens (including phenoxy) is 1. The first-order valence-electron chi connectivity index (χ1n) is 6.50. The Hall–Kier alpha value is -2.82. The van der Waals surface area contributed by atoms with Gasteiger partial charge in [-0.25, -0.2) is 4.79 Å². The second-order valence-electron chi connectivity index (χ2n) is 4.75. The second kappa shape index (κ2) is 5.28. The minimum absolute atomic E-state index is 0.294. The number of aryl methyl sites for hydroxylation is 1. The summed E-state index contributed by atoms with van der Waals surface area (Å²) in [5.74, 6) is -0.245. The molecular formula is C16H14N2O3. The molecule has 21 heavy (non-hydrogen) atoms. The summed E-state index contributed by atoms with van der Waals surface area (Å²) in [7, 11) is 1.84. The molecule has 3 rings (SSSR count). The van der Waals surface area contributed by atoms with E-state index in [0.29, 0.717) is 23.4 Å². The molecule has 0 bridgehead atoms. The van der Waals surface area contributed by atoms with Crippen molar-refractivity contribution in [1.82, 2.24) is 9.55 Å². The summed E-state index contributed by atoms with van der Waals surface area (Å²) in [6.45, 7) is 0.367. The third-order valence-electron chi connectivity index (χ3n) is 3.34. The third-order valence-corrected chi connectivity index (χ3v) is 3.34. The maximum atomic E-state index is 11.3. The van der Waals surface area contributed by atoms with E-state index in [0.717, 1.165) is 10.9 Å². The Kier molecular flexibility index (Phi) is 3.31. The standard InChI is InChI=1S/C16H14N2O3/c1-18-9-11(10-21-12-4-3-7-17-8-12)13-5-2-6-14(15(13)18)16(19)20/h2-9H,10H2,1H3,(H,19,20). The Balaban J connectivity index is 1.97. The highest BCUT2D eigenvalue weighted by atomic mass is 16.5. The second-order valence-corrected chi connectivity index (χ2v) is 4.75. The van der Waals surface area contributed by atoms with Gasteiger partial charge in [0, 0.05) is 30.4 Å². The first kappa shape index (κ1) is 13.2. The van der Waals surface area contributed by atoms with Crippen LogP contribution in [0.5, 0.6) is 5.75 Å². The lowest BCUT2D eigenvalue weighted by Gasteiger charge is -2.04. The normalized spacial score (nSPS) is 10.7. The van der Waals surface area contributed by atoms with Crippen LogP contribution in [-0.4, -0.2) is 20.6 Å². The van der Waals surface area contributed by atoms with Crippen LogP contribution in [0.1, 0.15) is 15.9 Å². The van der Waals surface area contributed by atoms with Crippen LogP contribution in [0.4, 0.5) is 0 Å². The first-order chi connectivity index (χ1) is 10.2. The Morgan fingerprint density at radius 3 is 2.90 bits per heavy atom. The molecule has 5 heteroatoms. The van der Waals surface area contributed by atoms with Crippen LogP contribution in [0.2, 0.25) is 0 Å². The Labute approximate surface area is 121 Å². The van der Waals surface area contributed by atoms with E-state index in [4.69, 9.17) is 4.74 Å². The van der Waals surface area contributed by atoms with E-state index in [9.17, 15) is 9.90 Å². The number of benzene rings is 1. The number of hydrogen-bond acceptors (Lipinski definition) is 3. The molecular weight excluding hydrogens is 268 g/mol. The zero-order chi connectivity index (χ0) is 14.8. The number of rotatable bonds is 4. The topological polar surface area (TPSA) is 64.4 Å². The van der Waals surface area contributed by atoms with Crippen LogP contribution in [0.25, 0.3) is 10.9 Å². The summed E-state index contributed by atoms with van der Waals surface area (Å²) in [6, 6.07) is 8.90. The van der Waals surface area contributed by atoms with Crippen molar-refractivity contribution in [3.63, 3.8) is 0 Å². The molecule has 0 radical (unpaired) electrons. The Morgan fingerprint density at radius 2 is 2.19 bits per heavy atom. The van der Waals surface area contributed by atoms with E-state index in [1.54, 1.807) is 30.6 Å². The summed E-state index contributed by atoms with van der Waals surface area (Å²) >= 11 is 0. The predicted octanol–water partition coefficient (Wildman–Crippen LogP) is 2.85. The number of nitrogens with zero attached hydrogens (tertiary/aromatic N) is 2. The minimum atomic E-state index is -0.929. The van der Waals surface area contributed by atoms with Crippen LogP contribution >= 0.6 is 0 Å². The van der Waals surface area contributed by atoms with Gasteiger partial charge in [0.1, 0.15) is 12.4 Å². The molecule has 3 aromatic rings. The SMILES string of the molecule is Cn1cc(COc2cccnc2)c2cccc(C(=O)O)c21. The Bertz CT molecular complexity index is 794. The zero-order valence-corrected chi connectivity index (χ0v) is 11.5. The van der Waals surface area contributed by atoms with Gasteiger partial charge in [0.15, 0.2) is 0 Å². The number of fused-ring (bicyclic) bond motifs is 1. The molecule has 0 aliphatic carbocycles. The average molecular weight is 282 g/mol. The van der Waals surface area contributed by atoms with Crippen molar-refractivity contribution in [2.45, 2.75) is 6.61 Å². The number of pyridine rings is 1. The molecule has 0 aliphatic heterocycles. The van der Waals surface area contributed by atoms with Crippen molar-refractivity contribution in [2.24, 2.45) is 7.05 Å². The molecule has 5 nitrogen and oxygen atoms in total. The van der Waals surface area contributed by atoms with E-state index in [-0.39, 0.29) is 0 Å². The number of carboxylic acids is 1. The molecule has 1 N–H and O–H groups in total. The lowest BCUT2D eigenvalue weighted by Crippen LogP contribution is -1.99. The van der Waals surface area contributed by atoms with Gasteiger partial charge < -0.3 is 14.4 Å². The van der Waals surface area contributed by atoms with E-state index < -0.39 is 5.97 Å². The monoisotopic (exact) mass is 282 g/mol. The molecule has 2 aromatic heterocycles. The van der Waals surface area contributed by atoms with Crippen LogP contribution in [0, 0.1) is 0 Å². The molecule has 0 saturated carbocycles. The van der Waals surface area contributed by atoms with Crippen molar-refractivity contribution in [2.75, 3.05) is 0 Å². The molecule has 0 atom stereocenters. The highest BCUT2D eigenvalue weighted by Gasteiger charge is 2.14. The van der Waals surface area contributed by atoms with Gasteiger partial charge in [0.25, 0.3) is 0 Å². The average Bonchev–Trinajstić information content (AvgIpc) is 2.83. The van der Waals surface area contributed by atoms with Crippen molar-refractivity contribution >= 4 is 16.9 Å². The molecule has 0 aliphatic rings. The summed E-state index contributed by atoms with van der Waals surface area (Å²) < 4.78 is 7.51. The fourth-order valence-corrected chi connectivity index (χ4v) is 2.43. The molecule has 0 saturated heterocycles. The van der Waals surface area contributed by atoms with Gasteiger partial charge >= 0.3 is 5.97 Å². The lowest BCUT2D eigenvalue weighted by atomic mass is 10.1. The van der Waals surface area contributed by atoms with Crippen LogP contribution in [0.3, 0.4) is 0 Å². The number of para-hydroxylation sites is 1. The van der Waals surface area contributed by atoms with Crippen LogP contribution in [0.15, 0.2) is 48.9 Å². The summed E-state index contributed by atoms with van der Waals surface area (Å²) in [5.41, 5.74) is 1.94. The highest BCUT2D eigenvalue weighted by molar-refractivity contribution is 6.03. The minimum Gasteiger partial charge on any atom is -0.487 e. The smallest absolute Gasteiger partial charge is 0.337 e. The quantitative estimate of drug-likeness (QED) is 0.799. The molecule has 0 amide bonds. The molecule has 1 aromatic carbocycles. The van der Waals surface area contributed by atoms with Crippen molar-refractivity contribution in [3.05, 3.63) is 60.0 Å². The van der Waals surface area contributed by atoms with E-state index in [2.05, 4.69) is 4.98 Å². The fraction of sp³-hybridized carbons (Fsp3) is 0.125. The third kappa shape index (κ3) is 2.45. The highest BCUT2D eigenvalue weighted by Crippen LogP contribution is 2.25. The van der Waals surface area contributed by atoms with Gasteiger partial charge in [0.05, 0.1) is 17.3 Å². The molecule has 0 unspecified atom stereocenters. The summed E-state index contributed by atoms with van der Waals surface area (Å²) in [5, 5.41) is 10.2. The summed E-state index contributed by atoms with van der Waals surface area (Å²) in [6.07, 6.45) is 5.23. The van der Waals surface area contributed by atoms with Gasteiger partial charge in [-0.05, 0) is 18.2 Å². The molecule has 0 spiro atoms. The van der Waals surface area contributed by atoms with Crippen LogP contribution in [-0.2, 0) is 13.7 Å². The van der Waals surface area contributed by atoms with Crippen molar-refractivity contribution in [1.29, 1.82) is 0 Å². The number of aromatic carboxylic acids is 1. The molecule has 2 heterocycles. The molecule has 0 fully saturated rings. The van der Waals surface area contributed by atoms with Gasteiger partial charge in [-0.1, -0.05) is 12.1 Å². The van der Waals surface area contributed by atoms with Gasteiger partial charge in [-0.2, -0.15) is 0 Å². The Morgan fingerprint density at radius 1 is 1.33 bits per heavy atom. The number of aromatic nitrogens is 2. The van der Waals surface area contributed by atoms with E-state index >= 15 is 0 Å². The first-order valence-corrected chi connectivity index (χ1v) is 6.50. The van der Waals surface area contributed by atoms with Gasteiger partial charge in [-0.3, -0.25) is 4.98 Å². The van der Waals surface area contributed by atoms with Crippen molar-refractivity contribution in [3.8, 4) is 5.75 Å². The number of carbonyl (C=O) groups is 1. The molecule has 106 valence electrons. The fourth-order valence-electron chi connectivity index (χ4n) is 2.43. The summed E-state index contributed by atoms with van der Waals surface area (Å²) in [4.78, 5) is 15.3. The largest absolute Gasteiger partial charge is 0.487 e. The van der Waals surface area contributed by atoms with Crippen LogP contribution < -0.4 is 4.74 Å². The zero-order valence-electron chi connectivity index (χ0n) is 11.5. The van der Waals surface area contributed by atoms with Crippen molar-refractivity contribution < 1.29 is 14.6 Å². The number of carboxylic acid groups (broad SMARTS) is 1. The number of hydrogen-bond donors (Lipinski definition) is 1. The van der Waals surface area contributed by atoms with E-state index in [1.165, 1.54) is 0 Å². The maximum Gasteiger partial charge on any atom is 0.337 e.